The average Bonchev–Trinajstić information content (AvgIpc) is 3.26. The Kier molecular flexibility index (Phi) is 6.57. The second-order valence-electron chi connectivity index (χ2n) is 7.01. The average molecular weight is 470 g/mol. The number of aromatic nitrogens is 2. The number of thioether (sulfide) groups is 1. The molecule has 2 heterocycles. The summed E-state index contributed by atoms with van der Waals surface area (Å²) < 4.78 is 20.7. The van der Waals surface area contributed by atoms with Gasteiger partial charge in [0.25, 0.3) is 5.56 Å². The predicted molar refractivity (Wildman–Crippen MR) is 125 cm³/mol. The third kappa shape index (κ3) is 4.68. The molecule has 6 nitrogen and oxygen atoms in total. The SMILES string of the molecule is COc1ccc(CNC(=O)CSc2nc3ccsc3c(=O)n2-c2ccc(F)cc2C)cc1. The van der Waals surface area contributed by atoms with Crippen LogP contribution in [0.2, 0.25) is 0 Å². The van der Waals surface area contributed by atoms with Gasteiger partial charge in [-0.3, -0.25) is 14.2 Å². The highest BCUT2D eigenvalue weighted by Gasteiger charge is 2.17. The van der Waals surface area contributed by atoms with Crippen LogP contribution in [0.15, 0.2) is 63.9 Å². The second kappa shape index (κ2) is 9.54. The molecule has 0 aliphatic heterocycles. The molecule has 32 heavy (non-hydrogen) atoms. The number of halogens is 1. The van der Waals surface area contributed by atoms with Gasteiger partial charge in [0, 0.05) is 6.54 Å². The van der Waals surface area contributed by atoms with E-state index < -0.39 is 0 Å². The molecule has 1 N–H and O–H groups in total. The largest absolute Gasteiger partial charge is 0.497 e. The molecule has 0 bridgehead atoms. The minimum Gasteiger partial charge on any atom is -0.497 e. The molecule has 0 unspecified atom stereocenters. The lowest BCUT2D eigenvalue weighted by Crippen LogP contribution is -2.26. The highest BCUT2D eigenvalue weighted by Crippen LogP contribution is 2.25. The molecule has 4 rings (SSSR count). The lowest BCUT2D eigenvalue weighted by molar-refractivity contribution is -0.118. The number of methoxy groups -OCH3 is 1. The number of ether oxygens (including phenoxy) is 1. The number of nitrogens with zero attached hydrogens (tertiary/aromatic N) is 2. The van der Waals surface area contributed by atoms with Gasteiger partial charge in [0.15, 0.2) is 5.16 Å². The molecule has 2 aromatic heterocycles. The summed E-state index contributed by atoms with van der Waals surface area (Å²) in [6.07, 6.45) is 0. The van der Waals surface area contributed by atoms with Gasteiger partial charge in [0.05, 0.1) is 24.1 Å². The van der Waals surface area contributed by atoms with Gasteiger partial charge in [-0.2, -0.15) is 0 Å². The molecule has 2 aromatic carbocycles. The molecular formula is C23H20FN3O3S2. The van der Waals surface area contributed by atoms with Crippen molar-refractivity contribution in [2.24, 2.45) is 0 Å². The summed E-state index contributed by atoms with van der Waals surface area (Å²) in [4.78, 5) is 30.2. The highest BCUT2D eigenvalue weighted by molar-refractivity contribution is 7.99. The number of amides is 1. The number of fused-ring (bicyclic) bond motifs is 1. The molecule has 0 saturated heterocycles. The van der Waals surface area contributed by atoms with Crippen molar-refractivity contribution < 1.29 is 13.9 Å². The Morgan fingerprint density at radius 2 is 2.00 bits per heavy atom. The van der Waals surface area contributed by atoms with Crippen LogP contribution in [0, 0.1) is 12.7 Å². The lowest BCUT2D eigenvalue weighted by atomic mass is 10.2. The fraction of sp³-hybridized carbons (Fsp3) is 0.174. The lowest BCUT2D eigenvalue weighted by Gasteiger charge is -2.14. The summed E-state index contributed by atoms with van der Waals surface area (Å²) in [6, 6.07) is 13.4. The molecule has 1 amide bonds. The quantitative estimate of drug-likeness (QED) is 0.323. The summed E-state index contributed by atoms with van der Waals surface area (Å²) in [7, 11) is 1.60. The van der Waals surface area contributed by atoms with Crippen LogP contribution in [0.25, 0.3) is 15.9 Å². The van der Waals surface area contributed by atoms with E-state index in [0.717, 1.165) is 11.3 Å². The Hall–Kier alpha value is -3.17. The van der Waals surface area contributed by atoms with Gasteiger partial charge in [-0.1, -0.05) is 23.9 Å². The molecular weight excluding hydrogens is 449 g/mol. The zero-order chi connectivity index (χ0) is 22.7. The van der Waals surface area contributed by atoms with Gasteiger partial charge in [-0.25, -0.2) is 9.37 Å². The molecule has 0 aliphatic rings. The Labute approximate surface area is 192 Å². The van der Waals surface area contributed by atoms with Crippen LogP contribution in [0.3, 0.4) is 0 Å². The zero-order valence-electron chi connectivity index (χ0n) is 17.4. The molecule has 0 atom stereocenters. The Bertz CT molecular complexity index is 1330. The van der Waals surface area contributed by atoms with Crippen molar-refractivity contribution in [3.8, 4) is 11.4 Å². The first-order chi connectivity index (χ1) is 15.5. The maximum Gasteiger partial charge on any atom is 0.276 e. The third-order valence-corrected chi connectivity index (χ3v) is 6.66. The van der Waals surface area contributed by atoms with E-state index in [1.54, 1.807) is 31.5 Å². The number of aryl methyl sites for hydroxylation is 1. The van der Waals surface area contributed by atoms with Gasteiger partial charge in [-0.15, -0.1) is 11.3 Å². The van der Waals surface area contributed by atoms with Gasteiger partial charge in [-0.05, 0) is 59.8 Å². The van der Waals surface area contributed by atoms with Crippen molar-refractivity contribution in [1.29, 1.82) is 0 Å². The van der Waals surface area contributed by atoms with E-state index in [2.05, 4.69) is 10.3 Å². The van der Waals surface area contributed by atoms with E-state index in [4.69, 9.17) is 4.74 Å². The number of thiophene rings is 1. The Morgan fingerprint density at radius 1 is 1.22 bits per heavy atom. The third-order valence-electron chi connectivity index (χ3n) is 4.83. The van der Waals surface area contributed by atoms with E-state index in [1.165, 1.54) is 39.8 Å². The molecule has 0 aliphatic carbocycles. The first kappa shape index (κ1) is 22.0. The Morgan fingerprint density at radius 3 is 2.72 bits per heavy atom. The van der Waals surface area contributed by atoms with Crippen molar-refractivity contribution >= 4 is 39.2 Å². The number of benzene rings is 2. The molecule has 0 spiro atoms. The van der Waals surface area contributed by atoms with Crippen molar-refractivity contribution in [2.45, 2.75) is 18.6 Å². The van der Waals surface area contributed by atoms with Gasteiger partial charge < -0.3 is 10.1 Å². The van der Waals surface area contributed by atoms with Crippen LogP contribution >= 0.6 is 23.1 Å². The fourth-order valence-corrected chi connectivity index (χ4v) is 4.79. The molecule has 0 fully saturated rings. The number of nitrogens with one attached hydrogen (secondary N) is 1. The highest BCUT2D eigenvalue weighted by atomic mass is 32.2. The van der Waals surface area contributed by atoms with Crippen LogP contribution in [-0.2, 0) is 11.3 Å². The van der Waals surface area contributed by atoms with E-state index in [9.17, 15) is 14.0 Å². The van der Waals surface area contributed by atoms with Crippen molar-refractivity contribution in [3.05, 3.63) is 81.2 Å². The number of hydrogen-bond acceptors (Lipinski definition) is 6. The van der Waals surface area contributed by atoms with Crippen molar-refractivity contribution in [3.63, 3.8) is 0 Å². The van der Waals surface area contributed by atoms with Crippen LogP contribution in [0.5, 0.6) is 5.75 Å². The van der Waals surface area contributed by atoms with Crippen molar-refractivity contribution in [2.75, 3.05) is 12.9 Å². The number of carbonyl (C=O) groups excluding carboxylic acids is 1. The summed E-state index contributed by atoms with van der Waals surface area (Å²) >= 11 is 2.47. The van der Waals surface area contributed by atoms with Gasteiger partial charge >= 0.3 is 0 Å². The van der Waals surface area contributed by atoms with Gasteiger partial charge in [0.1, 0.15) is 16.3 Å². The molecule has 4 aromatic rings. The zero-order valence-corrected chi connectivity index (χ0v) is 19.1. The maximum atomic E-state index is 13.6. The minimum atomic E-state index is -0.378. The summed E-state index contributed by atoms with van der Waals surface area (Å²) in [5.74, 6) is 0.266. The molecule has 0 saturated carbocycles. The Balaban J connectivity index is 1.55. The van der Waals surface area contributed by atoms with Crippen molar-refractivity contribution in [1.82, 2.24) is 14.9 Å². The fourth-order valence-electron chi connectivity index (χ4n) is 3.20. The van der Waals surface area contributed by atoms with E-state index in [-0.39, 0.29) is 23.0 Å². The van der Waals surface area contributed by atoms with Gasteiger partial charge in [0.2, 0.25) is 5.91 Å². The minimum absolute atomic E-state index is 0.0818. The van der Waals surface area contributed by atoms with Crippen LogP contribution in [0.1, 0.15) is 11.1 Å². The predicted octanol–water partition coefficient (Wildman–Crippen LogP) is 4.31. The van der Waals surface area contributed by atoms with Crippen LogP contribution in [-0.4, -0.2) is 28.3 Å². The number of carbonyl (C=O) groups is 1. The first-order valence-electron chi connectivity index (χ1n) is 9.75. The maximum absolute atomic E-state index is 13.6. The smallest absolute Gasteiger partial charge is 0.276 e. The first-order valence-corrected chi connectivity index (χ1v) is 11.6. The van der Waals surface area contributed by atoms with E-state index >= 15 is 0 Å². The molecule has 164 valence electrons. The standard InChI is InChI=1S/C23H20FN3O3S2/c1-14-11-16(24)5-8-19(14)27-22(29)21-18(9-10-31-21)26-23(27)32-13-20(28)25-12-15-3-6-17(30-2)7-4-15/h3-11H,12-13H2,1-2H3,(H,25,28). The monoisotopic (exact) mass is 469 g/mol. The topological polar surface area (TPSA) is 73.2 Å². The number of hydrogen-bond donors (Lipinski definition) is 1. The van der Waals surface area contributed by atoms with Crippen LogP contribution < -0.4 is 15.6 Å². The number of rotatable bonds is 7. The van der Waals surface area contributed by atoms with E-state index in [1.807, 2.05) is 24.3 Å². The molecule has 0 radical (unpaired) electrons. The van der Waals surface area contributed by atoms with E-state index in [0.29, 0.717) is 33.2 Å². The second-order valence-corrected chi connectivity index (χ2v) is 8.87. The molecule has 9 heteroatoms. The van der Waals surface area contributed by atoms with Crippen LogP contribution in [0.4, 0.5) is 4.39 Å². The normalized spacial score (nSPS) is 11.0. The summed E-state index contributed by atoms with van der Waals surface area (Å²) in [6.45, 7) is 2.11. The summed E-state index contributed by atoms with van der Waals surface area (Å²) in [5.41, 5.74) is 2.44. The summed E-state index contributed by atoms with van der Waals surface area (Å²) in [5, 5.41) is 5.06.